The Labute approximate surface area is 80.1 Å². The first-order valence-corrected chi connectivity index (χ1v) is 5.12. The fourth-order valence-electron chi connectivity index (χ4n) is 1.80. The third-order valence-corrected chi connectivity index (χ3v) is 3.37. The average Bonchev–Trinajstić information content (AvgIpc) is 2.02. The molecule has 0 aromatic carbocycles. The van der Waals surface area contributed by atoms with Crippen LogP contribution in [0.3, 0.4) is 0 Å². The molecule has 3 heteroatoms. The Morgan fingerprint density at radius 1 is 1.62 bits per heavy atom. The maximum atomic E-state index is 10.8. The molecule has 1 unspecified atom stereocenters. The average molecular weight is 184 g/mol. The minimum absolute atomic E-state index is 0.191. The highest BCUT2D eigenvalue weighted by molar-refractivity contribution is 5.79. The van der Waals surface area contributed by atoms with Crippen molar-refractivity contribution in [3.05, 3.63) is 0 Å². The van der Waals surface area contributed by atoms with Crippen LogP contribution >= 0.6 is 0 Å². The van der Waals surface area contributed by atoms with Crippen molar-refractivity contribution in [1.29, 1.82) is 0 Å². The number of carbonyl (C=O) groups is 1. The molecule has 0 saturated heterocycles. The van der Waals surface area contributed by atoms with Gasteiger partial charge in [-0.25, -0.2) is 0 Å². The van der Waals surface area contributed by atoms with Gasteiger partial charge in [-0.2, -0.15) is 0 Å². The van der Waals surface area contributed by atoms with Crippen molar-refractivity contribution in [1.82, 2.24) is 5.32 Å². The van der Waals surface area contributed by atoms with Crippen LogP contribution in [-0.4, -0.2) is 18.5 Å². The van der Waals surface area contributed by atoms with E-state index in [9.17, 15) is 4.79 Å². The van der Waals surface area contributed by atoms with E-state index in [1.165, 1.54) is 25.7 Å². The summed E-state index contributed by atoms with van der Waals surface area (Å²) in [5.74, 6) is -0.259. The summed E-state index contributed by atoms with van der Waals surface area (Å²) in [6, 6.07) is -0.191. The highest BCUT2D eigenvalue weighted by Crippen LogP contribution is 2.43. The van der Waals surface area contributed by atoms with Crippen LogP contribution in [0, 0.1) is 5.41 Å². The number of carbonyl (C=O) groups excluding carboxylic acids is 1. The second kappa shape index (κ2) is 4.09. The molecule has 0 aliphatic heterocycles. The molecule has 1 atom stereocenters. The summed E-state index contributed by atoms with van der Waals surface area (Å²) in [6.45, 7) is 4.98. The summed E-state index contributed by atoms with van der Waals surface area (Å²) < 4.78 is 0. The molecule has 0 bridgehead atoms. The number of nitrogens with two attached hydrogens (primary N) is 1. The van der Waals surface area contributed by atoms with Gasteiger partial charge in [0.25, 0.3) is 0 Å². The van der Waals surface area contributed by atoms with E-state index < -0.39 is 0 Å². The molecular formula is C10H20N2O. The number of primary amides is 1. The topological polar surface area (TPSA) is 55.1 Å². The molecular weight excluding hydrogens is 164 g/mol. The van der Waals surface area contributed by atoms with Crippen molar-refractivity contribution in [3.8, 4) is 0 Å². The molecule has 0 heterocycles. The van der Waals surface area contributed by atoms with E-state index in [1.807, 2.05) is 6.92 Å². The highest BCUT2D eigenvalue weighted by atomic mass is 16.1. The monoisotopic (exact) mass is 184 g/mol. The molecule has 3 N–H and O–H groups in total. The molecule has 0 spiro atoms. The van der Waals surface area contributed by atoms with Crippen molar-refractivity contribution < 1.29 is 4.79 Å². The molecule has 1 saturated carbocycles. The van der Waals surface area contributed by atoms with Crippen molar-refractivity contribution in [2.75, 3.05) is 6.54 Å². The van der Waals surface area contributed by atoms with Gasteiger partial charge in [0.1, 0.15) is 0 Å². The number of nitrogens with one attached hydrogen (secondary N) is 1. The zero-order valence-corrected chi connectivity index (χ0v) is 8.60. The number of rotatable bonds is 5. The zero-order chi connectivity index (χ0) is 9.90. The van der Waals surface area contributed by atoms with Gasteiger partial charge in [-0.05, 0) is 31.6 Å². The van der Waals surface area contributed by atoms with Gasteiger partial charge in [0.05, 0.1) is 6.04 Å². The normalized spacial score (nSPS) is 22.0. The van der Waals surface area contributed by atoms with Gasteiger partial charge in [-0.1, -0.05) is 13.3 Å². The van der Waals surface area contributed by atoms with E-state index in [-0.39, 0.29) is 11.9 Å². The Morgan fingerprint density at radius 3 is 2.54 bits per heavy atom. The van der Waals surface area contributed by atoms with Gasteiger partial charge in [0.15, 0.2) is 0 Å². The quantitative estimate of drug-likeness (QED) is 0.670. The molecule has 0 radical (unpaired) electrons. The number of amides is 1. The largest absolute Gasteiger partial charge is 0.368 e. The van der Waals surface area contributed by atoms with Crippen LogP contribution in [0.4, 0.5) is 0 Å². The summed E-state index contributed by atoms with van der Waals surface area (Å²) in [4.78, 5) is 10.8. The zero-order valence-electron chi connectivity index (χ0n) is 8.60. The van der Waals surface area contributed by atoms with E-state index in [2.05, 4.69) is 12.2 Å². The Kier molecular flexibility index (Phi) is 3.31. The number of hydrogen-bond acceptors (Lipinski definition) is 2. The standard InChI is InChI=1S/C10H20N2O/c1-3-10(5-4-6-10)7-12-8(2)9(11)13/h8,12H,3-7H2,1-2H3,(H2,11,13). The SMILES string of the molecule is CCC1(CNC(C)C(N)=O)CCC1. The Bertz CT molecular complexity index is 182. The van der Waals surface area contributed by atoms with Crippen LogP contribution in [0.25, 0.3) is 0 Å². The van der Waals surface area contributed by atoms with E-state index >= 15 is 0 Å². The smallest absolute Gasteiger partial charge is 0.234 e. The summed E-state index contributed by atoms with van der Waals surface area (Å²) >= 11 is 0. The van der Waals surface area contributed by atoms with Crippen molar-refractivity contribution in [3.63, 3.8) is 0 Å². The first-order chi connectivity index (χ1) is 6.09. The third-order valence-electron chi connectivity index (χ3n) is 3.37. The van der Waals surface area contributed by atoms with Crippen LogP contribution in [0.1, 0.15) is 39.5 Å². The maximum Gasteiger partial charge on any atom is 0.234 e. The lowest BCUT2D eigenvalue weighted by Gasteiger charge is -2.42. The van der Waals surface area contributed by atoms with Crippen LogP contribution < -0.4 is 11.1 Å². The lowest BCUT2D eigenvalue weighted by atomic mass is 9.67. The van der Waals surface area contributed by atoms with Crippen LogP contribution in [0.15, 0.2) is 0 Å². The molecule has 1 fully saturated rings. The minimum atomic E-state index is -0.259. The molecule has 1 aliphatic carbocycles. The lowest BCUT2D eigenvalue weighted by Crippen LogP contribution is -2.46. The van der Waals surface area contributed by atoms with E-state index in [1.54, 1.807) is 0 Å². The summed E-state index contributed by atoms with van der Waals surface area (Å²) in [7, 11) is 0. The highest BCUT2D eigenvalue weighted by Gasteiger charge is 2.35. The Morgan fingerprint density at radius 2 is 2.23 bits per heavy atom. The lowest BCUT2D eigenvalue weighted by molar-refractivity contribution is -0.119. The third kappa shape index (κ3) is 2.44. The molecule has 3 nitrogen and oxygen atoms in total. The predicted octanol–water partition coefficient (Wildman–Crippen LogP) is 1.03. The van der Waals surface area contributed by atoms with Gasteiger partial charge in [-0.15, -0.1) is 0 Å². The van der Waals surface area contributed by atoms with Crippen molar-refractivity contribution in [2.45, 2.75) is 45.6 Å². The first kappa shape index (κ1) is 10.5. The van der Waals surface area contributed by atoms with E-state index in [0.29, 0.717) is 5.41 Å². The fraction of sp³-hybridized carbons (Fsp3) is 0.900. The molecule has 1 rings (SSSR count). The minimum Gasteiger partial charge on any atom is -0.368 e. The van der Waals surface area contributed by atoms with E-state index in [4.69, 9.17) is 5.73 Å². The maximum absolute atomic E-state index is 10.8. The van der Waals surface area contributed by atoms with Gasteiger partial charge < -0.3 is 11.1 Å². The van der Waals surface area contributed by atoms with Gasteiger partial charge in [0.2, 0.25) is 5.91 Å². The Balaban J connectivity index is 2.28. The molecule has 76 valence electrons. The van der Waals surface area contributed by atoms with Gasteiger partial charge in [0, 0.05) is 6.54 Å². The first-order valence-electron chi connectivity index (χ1n) is 5.12. The van der Waals surface area contributed by atoms with E-state index in [0.717, 1.165) is 6.54 Å². The second-order valence-electron chi connectivity index (χ2n) is 4.21. The Hall–Kier alpha value is -0.570. The summed E-state index contributed by atoms with van der Waals surface area (Å²) in [5, 5.41) is 3.20. The molecule has 1 amide bonds. The summed E-state index contributed by atoms with van der Waals surface area (Å²) in [5.41, 5.74) is 5.63. The van der Waals surface area contributed by atoms with Gasteiger partial charge in [-0.3, -0.25) is 4.79 Å². The van der Waals surface area contributed by atoms with Crippen LogP contribution in [0.2, 0.25) is 0 Å². The van der Waals surface area contributed by atoms with Crippen LogP contribution in [0.5, 0.6) is 0 Å². The molecule has 0 aromatic rings. The molecule has 13 heavy (non-hydrogen) atoms. The summed E-state index contributed by atoms with van der Waals surface area (Å²) in [6.07, 6.45) is 5.12. The van der Waals surface area contributed by atoms with Gasteiger partial charge >= 0.3 is 0 Å². The molecule has 1 aliphatic rings. The second-order valence-corrected chi connectivity index (χ2v) is 4.21. The predicted molar refractivity (Wildman–Crippen MR) is 53.2 cm³/mol. The van der Waals surface area contributed by atoms with Crippen molar-refractivity contribution in [2.24, 2.45) is 11.1 Å². The molecule has 0 aromatic heterocycles. The van der Waals surface area contributed by atoms with Crippen molar-refractivity contribution >= 4 is 5.91 Å². The fourth-order valence-corrected chi connectivity index (χ4v) is 1.80. The number of hydrogen-bond donors (Lipinski definition) is 2. The van der Waals surface area contributed by atoms with Crippen LogP contribution in [-0.2, 0) is 4.79 Å².